The lowest BCUT2D eigenvalue weighted by atomic mass is 9.85. The molecule has 0 saturated heterocycles. The average Bonchev–Trinajstić information content (AvgIpc) is 2.31. The number of halogens is 1. The van der Waals surface area contributed by atoms with Crippen molar-refractivity contribution in [2.75, 3.05) is 17.6 Å². The third kappa shape index (κ3) is 3.85. The molecule has 1 aromatic rings. The zero-order valence-electron chi connectivity index (χ0n) is 12.4. The van der Waals surface area contributed by atoms with Gasteiger partial charge in [0.2, 0.25) is 0 Å². The van der Waals surface area contributed by atoms with Gasteiger partial charge in [-0.15, -0.1) is 0 Å². The van der Waals surface area contributed by atoms with E-state index in [1.54, 1.807) is 0 Å². The molecule has 0 spiro atoms. The molecule has 0 fully saturated rings. The monoisotopic (exact) mass is 282 g/mol. The molecule has 0 aliphatic rings. The third-order valence-corrected chi connectivity index (χ3v) is 3.61. The molecule has 5 heteroatoms. The summed E-state index contributed by atoms with van der Waals surface area (Å²) in [7, 11) is 0. The minimum Gasteiger partial charge on any atom is -0.478 e. The predicted molar refractivity (Wildman–Crippen MR) is 79.4 cm³/mol. The van der Waals surface area contributed by atoms with Gasteiger partial charge in [-0.3, -0.25) is 0 Å². The van der Waals surface area contributed by atoms with Gasteiger partial charge in [-0.05, 0) is 29.9 Å². The number of nitrogens with two attached hydrogens (primary N) is 1. The zero-order chi connectivity index (χ0) is 15.4. The highest BCUT2D eigenvalue weighted by atomic mass is 19.1. The number of hydrogen-bond acceptors (Lipinski definition) is 3. The highest BCUT2D eigenvalue weighted by Crippen LogP contribution is 2.26. The fraction of sp³-hybridized carbons (Fsp3) is 0.533. The SMILES string of the molecule is CC(C)C(CNc1cc(F)c(C(=O)O)cc1N)C(C)C. The number of aromatic carboxylic acids is 1. The Morgan fingerprint density at radius 2 is 1.85 bits per heavy atom. The molecule has 1 aromatic carbocycles. The molecule has 1 rings (SSSR count). The minimum atomic E-state index is -1.32. The summed E-state index contributed by atoms with van der Waals surface area (Å²) < 4.78 is 13.6. The highest BCUT2D eigenvalue weighted by molar-refractivity contribution is 5.90. The fourth-order valence-corrected chi connectivity index (χ4v) is 2.38. The van der Waals surface area contributed by atoms with Crippen LogP contribution in [0.4, 0.5) is 15.8 Å². The van der Waals surface area contributed by atoms with Crippen LogP contribution < -0.4 is 11.1 Å². The summed E-state index contributed by atoms with van der Waals surface area (Å²) in [5.41, 5.74) is 6.06. The number of anilines is 2. The number of hydrogen-bond donors (Lipinski definition) is 3. The van der Waals surface area contributed by atoms with Gasteiger partial charge in [0.05, 0.1) is 16.9 Å². The van der Waals surface area contributed by atoms with Crippen molar-refractivity contribution in [2.45, 2.75) is 27.7 Å². The van der Waals surface area contributed by atoms with E-state index in [0.29, 0.717) is 30.0 Å². The van der Waals surface area contributed by atoms with Crippen molar-refractivity contribution in [1.29, 1.82) is 0 Å². The standard InChI is InChI=1S/C15H23FN2O2/c1-8(2)11(9(3)4)7-18-14-6-12(16)10(15(19)20)5-13(14)17/h5-6,8-9,11,18H,7,17H2,1-4H3,(H,19,20). The van der Waals surface area contributed by atoms with Crippen LogP contribution in [0.5, 0.6) is 0 Å². The van der Waals surface area contributed by atoms with E-state index in [-0.39, 0.29) is 5.69 Å². The number of carboxylic acid groups (broad SMARTS) is 1. The Balaban J connectivity index is 2.88. The maximum atomic E-state index is 13.6. The van der Waals surface area contributed by atoms with E-state index in [0.717, 1.165) is 12.1 Å². The zero-order valence-corrected chi connectivity index (χ0v) is 12.4. The summed E-state index contributed by atoms with van der Waals surface area (Å²) in [6, 6.07) is 2.30. The summed E-state index contributed by atoms with van der Waals surface area (Å²) in [5.74, 6) is -0.682. The van der Waals surface area contributed by atoms with Crippen LogP contribution >= 0.6 is 0 Å². The van der Waals surface area contributed by atoms with Crippen LogP contribution in [0.25, 0.3) is 0 Å². The molecular weight excluding hydrogens is 259 g/mol. The van der Waals surface area contributed by atoms with Crippen molar-refractivity contribution < 1.29 is 14.3 Å². The van der Waals surface area contributed by atoms with Crippen LogP contribution in [0.3, 0.4) is 0 Å². The van der Waals surface area contributed by atoms with Gasteiger partial charge in [0.1, 0.15) is 5.82 Å². The van der Waals surface area contributed by atoms with Crippen LogP contribution in [0.1, 0.15) is 38.1 Å². The highest BCUT2D eigenvalue weighted by Gasteiger charge is 2.19. The van der Waals surface area contributed by atoms with E-state index in [1.165, 1.54) is 0 Å². The third-order valence-electron chi connectivity index (χ3n) is 3.61. The number of rotatable bonds is 6. The van der Waals surface area contributed by atoms with Crippen molar-refractivity contribution >= 4 is 17.3 Å². The van der Waals surface area contributed by atoms with Crippen molar-refractivity contribution in [3.63, 3.8) is 0 Å². The Kier molecular flexibility index (Phi) is 5.36. The molecular formula is C15H23FN2O2. The van der Waals surface area contributed by atoms with Crippen LogP contribution in [-0.2, 0) is 0 Å². The molecule has 0 atom stereocenters. The number of carbonyl (C=O) groups is 1. The van der Waals surface area contributed by atoms with Gasteiger partial charge in [-0.1, -0.05) is 27.7 Å². The minimum absolute atomic E-state index is 0.245. The van der Waals surface area contributed by atoms with Crippen molar-refractivity contribution in [1.82, 2.24) is 0 Å². The summed E-state index contributed by atoms with van der Waals surface area (Å²) in [4.78, 5) is 10.8. The van der Waals surface area contributed by atoms with Crippen LogP contribution in [-0.4, -0.2) is 17.6 Å². The van der Waals surface area contributed by atoms with E-state index >= 15 is 0 Å². The second kappa shape index (κ2) is 6.59. The molecule has 20 heavy (non-hydrogen) atoms. The Bertz CT molecular complexity index is 479. The van der Waals surface area contributed by atoms with Crippen LogP contribution in [0.15, 0.2) is 12.1 Å². The second-order valence-corrected chi connectivity index (χ2v) is 5.76. The summed E-state index contributed by atoms with van der Waals surface area (Å²) in [6.07, 6.45) is 0. The Labute approximate surface area is 119 Å². The van der Waals surface area contributed by atoms with E-state index in [9.17, 15) is 9.18 Å². The van der Waals surface area contributed by atoms with Gasteiger partial charge in [-0.2, -0.15) is 0 Å². The topological polar surface area (TPSA) is 75.3 Å². The molecule has 4 N–H and O–H groups in total. The van der Waals surface area contributed by atoms with Crippen molar-refractivity contribution in [2.24, 2.45) is 17.8 Å². The molecule has 0 unspecified atom stereocenters. The van der Waals surface area contributed by atoms with Gasteiger partial charge in [-0.25, -0.2) is 9.18 Å². The smallest absolute Gasteiger partial charge is 0.338 e. The van der Waals surface area contributed by atoms with Gasteiger partial charge < -0.3 is 16.2 Å². The summed E-state index contributed by atoms with van der Waals surface area (Å²) in [6.45, 7) is 9.24. The number of nitrogens with one attached hydrogen (secondary N) is 1. The first-order valence-electron chi connectivity index (χ1n) is 6.80. The van der Waals surface area contributed by atoms with Crippen LogP contribution in [0.2, 0.25) is 0 Å². The van der Waals surface area contributed by atoms with Gasteiger partial charge in [0.15, 0.2) is 0 Å². The molecule has 112 valence electrons. The molecule has 0 aliphatic heterocycles. The molecule has 4 nitrogen and oxygen atoms in total. The molecule has 0 aliphatic carbocycles. The largest absolute Gasteiger partial charge is 0.478 e. The Hall–Kier alpha value is -1.78. The maximum absolute atomic E-state index is 13.6. The van der Waals surface area contributed by atoms with Crippen LogP contribution in [0, 0.1) is 23.6 Å². The van der Waals surface area contributed by atoms with E-state index in [4.69, 9.17) is 10.8 Å². The first kappa shape index (κ1) is 16.3. The van der Waals surface area contributed by atoms with Crippen molar-refractivity contribution in [3.05, 3.63) is 23.5 Å². The number of carboxylic acids is 1. The predicted octanol–water partition coefficient (Wildman–Crippen LogP) is 3.45. The Morgan fingerprint density at radius 1 is 1.30 bits per heavy atom. The molecule has 0 amide bonds. The van der Waals surface area contributed by atoms with E-state index < -0.39 is 17.3 Å². The average molecular weight is 282 g/mol. The van der Waals surface area contributed by atoms with E-state index in [2.05, 4.69) is 33.0 Å². The lowest BCUT2D eigenvalue weighted by Gasteiger charge is -2.26. The van der Waals surface area contributed by atoms with Crippen molar-refractivity contribution in [3.8, 4) is 0 Å². The first-order valence-corrected chi connectivity index (χ1v) is 6.80. The molecule has 0 radical (unpaired) electrons. The van der Waals surface area contributed by atoms with Gasteiger partial charge >= 0.3 is 5.97 Å². The summed E-state index contributed by atoms with van der Waals surface area (Å²) >= 11 is 0. The fourth-order valence-electron chi connectivity index (χ4n) is 2.38. The molecule has 0 saturated carbocycles. The van der Waals surface area contributed by atoms with E-state index in [1.807, 2.05) is 0 Å². The van der Waals surface area contributed by atoms with Gasteiger partial charge in [0.25, 0.3) is 0 Å². The first-order chi connectivity index (χ1) is 9.23. The second-order valence-electron chi connectivity index (χ2n) is 5.76. The molecule has 0 heterocycles. The summed E-state index contributed by atoms with van der Waals surface area (Å²) in [5, 5.41) is 12.0. The lowest BCUT2D eigenvalue weighted by molar-refractivity contribution is 0.0692. The maximum Gasteiger partial charge on any atom is 0.338 e. The quantitative estimate of drug-likeness (QED) is 0.699. The van der Waals surface area contributed by atoms with Gasteiger partial charge in [0, 0.05) is 6.54 Å². The Morgan fingerprint density at radius 3 is 2.30 bits per heavy atom. The number of benzene rings is 1. The number of nitrogen functional groups attached to an aromatic ring is 1. The lowest BCUT2D eigenvalue weighted by Crippen LogP contribution is -2.25. The molecule has 0 bridgehead atoms. The molecule has 0 aromatic heterocycles. The normalized spacial score (nSPS) is 11.4.